The fourth-order valence-electron chi connectivity index (χ4n) is 2.45. The number of benzene rings is 1. The van der Waals surface area contributed by atoms with Gasteiger partial charge in [0.05, 0.1) is 29.4 Å². The van der Waals surface area contributed by atoms with E-state index in [0.29, 0.717) is 29.4 Å². The van der Waals surface area contributed by atoms with E-state index in [1.54, 1.807) is 30.9 Å². The molecule has 0 bridgehead atoms. The Morgan fingerprint density at radius 2 is 2.17 bits per heavy atom. The lowest BCUT2D eigenvalue weighted by Gasteiger charge is -2.04. The average Bonchev–Trinajstić information content (AvgIpc) is 2.87. The molecule has 3 aromatic rings. The molecule has 0 fully saturated rings. The van der Waals surface area contributed by atoms with E-state index in [-0.39, 0.29) is 5.97 Å². The SMILES string of the molecule is CCOC(=O)c1cn(Cc2ccc3ncc(Cl)cc3c2)nc1C. The van der Waals surface area contributed by atoms with E-state index in [2.05, 4.69) is 10.1 Å². The van der Waals surface area contributed by atoms with Gasteiger partial charge in [-0.3, -0.25) is 9.67 Å². The first kappa shape index (κ1) is 15.5. The highest BCUT2D eigenvalue weighted by Gasteiger charge is 2.14. The van der Waals surface area contributed by atoms with Crippen LogP contribution in [0.25, 0.3) is 10.9 Å². The predicted molar refractivity (Wildman–Crippen MR) is 88.8 cm³/mol. The minimum atomic E-state index is -0.342. The number of hydrogen-bond donors (Lipinski definition) is 0. The molecule has 0 aliphatic heterocycles. The molecule has 0 radical (unpaired) electrons. The standard InChI is InChI=1S/C17H16ClN3O2/c1-3-23-17(22)15-10-21(20-11(15)2)9-12-4-5-16-13(6-12)7-14(18)8-19-16/h4-8,10H,3,9H2,1-2H3. The van der Waals surface area contributed by atoms with Crippen molar-refractivity contribution in [2.75, 3.05) is 6.61 Å². The van der Waals surface area contributed by atoms with Crippen molar-refractivity contribution in [2.24, 2.45) is 0 Å². The molecule has 0 saturated heterocycles. The van der Waals surface area contributed by atoms with Crippen LogP contribution in [0.2, 0.25) is 5.02 Å². The molecule has 2 aromatic heterocycles. The Morgan fingerprint density at radius 1 is 1.35 bits per heavy atom. The van der Waals surface area contributed by atoms with Crippen molar-refractivity contribution in [1.82, 2.24) is 14.8 Å². The van der Waals surface area contributed by atoms with Crippen molar-refractivity contribution in [3.05, 3.63) is 58.5 Å². The molecule has 0 saturated carbocycles. The van der Waals surface area contributed by atoms with E-state index >= 15 is 0 Å². The topological polar surface area (TPSA) is 57.0 Å². The number of halogens is 1. The Labute approximate surface area is 138 Å². The Bertz CT molecular complexity index is 873. The maximum atomic E-state index is 11.8. The smallest absolute Gasteiger partial charge is 0.341 e. The second kappa shape index (κ2) is 6.38. The quantitative estimate of drug-likeness (QED) is 0.686. The van der Waals surface area contributed by atoms with Crippen molar-refractivity contribution < 1.29 is 9.53 Å². The predicted octanol–water partition coefficient (Wildman–Crippen LogP) is 3.62. The molecule has 5 nitrogen and oxygen atoms in total. The van der Waals surface area contributed by atoms with E-state index in [9.17, 15) is 4.79 Å². The van der Waals surface area contributed by atoms with Crippen LogP contribution in [-0.2, 0) is 11.3 Å². The van der Waals surface area contributed by atoms with Gasteiger partial charge in [-0.05, 0) is 37.6 Å². The second-order valence-electron chi connectivity index (χ2n) is 5.23. The van der Waals surface area contributed by atoms with E-state index in [1.807, 2.05) is 24.3 Å². The second-order valence-corrected chi connectivity index (χ2v) is 5.66. The average molecular weight is 330 g/mol. The number of fused-ring (bicyclic) bond motifs is 1. The van der Waals surface area contributed by atoms with Crippen LogP contribution in [-0.4, -0.2) is 27.3 Å². The minimum absolute atomic E-state index is 0.342. The zero-order chi connectivity index (χ0) is 16.4. The lowest BCUT2D eigenvalue weighted by atomic mass is 10.1. The molecule has 0 N–H and O–H groups in total. The fourth-order valence-corrected chi connectivity index (χ4v) is 2.61. The van der Waals surface area contributed by atoms with Gasteiger partial charge in [0.15, 0.2) is 0 Å². The zero-order valence-electron chi connectivity index (χ0n) is 12.9. The highest BCUT2D eigenvalue weighted by atomic mass is 35.5. The van der Waals surface area contributed by atoms with Gasteiger partial charge in [-0.15, -0.1) is 0 Å². The summed E-state index contributed by atoms with van der Waals surface area (Å²) in [5.41, 5.74) is 3.10. The van der Waals surface area contributed by atoms with Gasteiger partial charge in [-0.2, -0.15) is 5.10 Å². The number of nitrogens with zero attached hydrogens (tertiary/aromatic N) is 3. The van der Waals surface area contributed by atoms with E-state index in [0.717, 1.165) is 16.5 Å². The summed E-state index contributed by atoms with van der Waals surface area (Å²) in [6.45, 7) is 4.49. The molecule has 0 amide bonds. The highest BCUT2D eigenvalue weighted by molar-refractivity contribution is 6.31. The third-order valence-electron chi connectivity index (χ3n) is 3.50. The molecule has 3 rings (SSSR count). The van der Waals surface area contributed by atoms with E-state index < -0.39 is 0 Å². The maximum Gasteiger partial charge on any atom is 0.341 e. The van der Waals surface area contributed by atoms with E-state index in [4.69, 9.17) is 16.3 Å². The summed E-state index contributed by atoms with van der Waals surface area (Å²) in [6, 6.07) is 7.84. The first-order valence-electron chi connectivity index (χ1n) is 7.32. The first-order chi connectivity index (χ1) is 11.1. The van der Waals surface area contributed by atoms with Gasteiger partial charge in [0.1, 0.15) is 5.56 Å². The monoisotopic (exact) mass is 329 g/mol. The Hall–Kier alpha value is -2.40. The van der Waals surface area contributed by atoms with Crippen molar-refractivity contribution in [3.63, 3.8) is 0 Å². The number of carbonyl (C=O) groups is 1. The fraction of sp³-hybridized carbons (Fsp3) is 0.235. The van der Waals surface area contributed by atoms with Gasteiger partial charge in [-0.1, -0.05) is 17.7 Å². The Kier molecular flexibility index (Phi) is 4.30. The number of hydrogen-bond acceptors (Lipinski definition) is 4. The number of aryl methyl sites for hydroxylation is 1. The number of pyridine rings is 1. The first-order valence-corrected chi connectivity index (χ1v) is 7.70. The third kappa shape index (κ3) is 3.35. The normalized spacial score (nSPS) is 10.9. The van der Waals surface area contributed by atoms with Crippen LogP contribution in [0.1, 0.15) is 28.5 Å². The summed E-state index contributed by atoms with van der Waals surface area (Å²) in [6.07, 6.45) is 3.35. The molecule has 0 aliphatic carbocycles. The van der Waals surface area contributed by atoms with Crippen molar-refractivity contribution >= 4 is 28.5 Å². The molecular weight excluding hydrogens is 314 g/mol. The van der Waals surface area contributed by atoms with Gasteiger partial charge in [0.2, 0.25) is 0 Å². The van der Waals surface area contributed by atoms with Crippen LogP contribution in [0.4, 0.5) is 0 Å². The number of ether oxygens (including phenoxy) is 1. The van der Waals surface area contributed by atoms with Crippen LogP contribution in [0, 0.1) is 6.92 Å². The summed E-state index contributed by atoms with van der Waals surface area (Å²) < 4.78 is 6.76. The summed E-state index contributed by atoms with van der Waals surface area (Å²) >= 11 is 5.99. The molecule has 23 heavy (non-hydrogen) atoms. The third-order valence-corrected chi connectivity index (χ3v) is 3.71. The molecule has 0 spiro atoms. The van der Waals surface area contributed by atoms with Crippen LogP contribution >= 0.6 is 11.6 Å². The van der Waals surface area contributed by atoms with Gasteiger partial charge in [0.25, 0.3) is 0 Å². The van der Waals surface area contributed by atoms with Crippen molar-refractivity contribution in [3.8, 4) is 0 Å². The summed E-state index contributed by atoms with van der Waals surface area (Å²) in [7, 11) is 0. The number of rotatable bonds is 4. The van der Waals surface area contributed by atoms with Gasteiger partial charge < -0.3 is 4.74 Å². The van der Waals surface area contributed by atoms with Crippen LogP contribution in [0.15, 0.2) is 36.7 Å². The Morgan fingerprint density at radius 3 is 2.96 bits per heavy atom. The Balaban J connectivity index is 1.87. The summed E-state index contributed by atoms with van der Waals surface area (Å²) in [4.78, 5) is 16.1. The zero-order valence-corrected chi connectivity index (χ0v) is 13.7. The molecule has 6 heteroatoms. The number of esters is 1. The van der Waals surface area contributed by atoms with Gasteiger partial charge >= 0.3 is 5.97 Å². The number of aromatic nitrogens is 3. The summed E-state index contributed by atoms with van der Waals surface area (Å²) in [5, 5.41) is 5.96. The van der Waals surface area contributed by atoms with Gasteiger partial charge in [0, 0.05) is 17.8 Å². The summed E-state index contributed by atoms with van der Waals surface area (Å²) in [5.74, 6) is -0.342. The lowest BCUT2D eigenvalue weighted by Crippen LogP contribution is -2.05. The molecule has 0 atom stereocenters. The minimum Gasteiger partial charge on any atom is -0.462 e. The largest absolute Gasteiger partial charge is 0.462 e. The van der Waals surface area contributed by atoms with Gasteiger partial charge in [-0.25, -0.2) is 4.79 Å². The highest BCUT2D eigenvalue weighted by Crippen LogP contribution is 2.19. The van der Waals surface area contributed by atoms with Crippen molar-refractivity contribution in [2.45, 2.75) is 20.4 Å². The molecule has 1 aromatic carbocycles. The molecular formula is C17H16ClN3O2. The van der Waals surface area contributed by atoms with Crippen LogP contribution in [0.3, 0.4) is 0 Å². The molecule has 0 aliphatic rings. The molecule has 118 valence electrons. The lowest BCUT2D eigenvalue weighted by molar-refractivity contribution is 0.0525. The van der Waals surface area contributed by atoms with Crippen LogP contribution < -0.4 is 0 Å². The van der Waals surface area contributed by atoms with Crippen LogP contribution in [0.5, 0.6) is 0 Å². The number of carbonyl (C=O) groups excluding carboxylic acids is 1. The van der Waals surface area contributed by atoms with E-state index in [1.165, 1.54) is 0 Å². The molecule has 0 unspecified atom stereocenters. The maximum absolute atomic E-state index is 11.8. The van der Waals surface area contributed by atoms with Crippen molar-refractivity contribution in [1.29, 1.82) is 0 Å². The molecule has 2 heterocycles.